The molecule has 2 rings (SSSR count). The molecule has 3 heteroatoms. The van der Waals surface area contributed by atoms with Crippen molar-refractivity contribution in [1.29, 1.82) is 0 Å². The number of carbonyl (C=O) groups excluding carboxylic acids is 1. The molecule has 0 heterocycles. The highest BCUT2D eigenvalue weighted by Crippen LogP contribution is 2.21. The fourth-order valence-corrected chi connectivity index (χ4v) is 3.50. The molecule has 0 aromatic heterocycles. The van der Waals surface area contributed by atoms with Crippen molar-refractivity contribution < 1.29 is 4.79 Å². The van der Waals surface area contributed by atoms with E-state index < -0.39 is 0 Å². The molecule has 138 valence electrons. The second-order valence-electron chi connectivity index (χ2n) is 7.18. The van der Waals surface area contributed by atoms with Gasteiger partial charge in [-0.05, 0) is 31.2 Å². The number of nitrogens with zero attached hydrogens (tertiary/aromatic N) is 1. The van der Waals surface area contributed by atoms with Crippen LogP contribution < -0.4 is 5.43 Å². The topological polar surface area (TPSA) is 41.5 Å². The molecule has 3 nitrogen and oxygen atoms in total. The Balaban J connectivity index is 1.59. The third kappa shape index (κ3) is 7.41. The van der Waals surface area contributed by atoms with Crippen molar-refractivity contribution in [2.75, 3.05) is 0 Å². The molecule has 1 N–H and O–H groups in total. The van der Waals surface area contributed by atoms with E-state index in [-0.39, 0.29) is 5.91 Å². The molecule has 0 fully saturated rings. The smallest absolute Gasteiger partial charge is 0.240 e. The van der Waals surface area contributed by atoms with E-state index in [0.29, 0.717) is 6.42 Å². The number of hydrogen-bond donors (Lipinski definition) is 1. The molecular formula is C22H34N2O. The number of rotatable bonds is 11. The first-order valence-corrected chi connectivity index (χ1v) is 10.2. The predicted octanol–water partition coefficient (Wildman–Crippen LogP) is 5.76. The van der Waals surface area contributed by atoms with Crippen molar-refractivity contribution in [1.82, 2.24) is 5.43 Å². The van der Waals surface area contributed by atoms with Gasteiger partial charge in [-0.15, -0.1) is 0 Å². The number of hydrazone groups is 1. The maximum absolute atomic E-state index is 12.0. The van der Waals surface area contributed by atoms with E-state index >= 15 is 0 Å². The second-order valence-corrected chi connectivity index (χ2v) is 7.18. The minimum atomic E-state index is 0.0542. The standard InChI is InChI=1S/C22H34N2O/c1-2-3-4-5-6-7-8-9-10-18-22(25)24-23-21-17-13-15-19-14-11-12-16-20(19)21/h11-12,14,16H,2-10,13,15,17-18H2,1H3,(H,24,25). The summed E-state index contributed by atoms with van der Waals surface area (Å²) in [5, 5.41) is 4.40. The summed E-state index contributed by atoms with van der Waals surface area (Å²) >= 11 is 0. The highest BCUT2D eigenvalue weighted by molar-refractivity contribution is 6.03. The van der Waals surface area contributed by atoms with Gasteiger partial charge in [-0.25, -0.2) is 5.43 Å². The van der Waals surface area contributed by atoms with Gasteiger partial charge in [0.1, 0.15) is 0 Å². The normalized spacial score (nSPS) is 15.2. The van der Waals surface area contributed by atoms with Gasteiger partial charge >= 0.3 is 0 Å². The summed E-state index contributed by atoms with van der Waals surface area (Å²) in [6.07, 6.45) is 15.2. The van der Waals surface area contributed by atoms with Crippen molar-refractivity contribution in [3.63, 3.8) is 0 Å². The molecule has 0 atom stereocenters. The second kappa shape index (κ2) is 11.8. The largest absolute Gasteiger partial charge is 0.273 e. The van der Waals surface area contributed by atoms with Crippen LogP contribution in [-0.2, 0) is 11.2 Å². The zero-order valence-corrected chi connectivity index (χ0v) is 15.9. The lowest BCUT2D eigenvalue weighted by Crippen LogP contribution is -2.21. The minimum Gasteiger partial charge on any atom is -0.273 e. The fourth-order valence-electron chi connectivity index (χ4n) is 3.50. The summed E-state index contributed by atoms with van der Waals surface area (Å²) in [5.41, 5.74) is 6.35. The van der Waals surface area contributed by atoms with E-state index in [0.717, 1.165) is 37.8 Å². The average Bonchev–Trinajstić information content (AvgIpc) is 2.65. The van der Waals surface area contributed by atoms with Crippen molar-refractivity contribution in [2.24, 2.45) is 5.10 Å². The Morgan fingerprint density at radius 2 is 1.64 bits per heavy atom. The van der Waals surface area contributed by atoms with Gasteiger partial charge in [-0.1, -0.05) is 82.6 Å². The Labute approximate surface area is 153 Å². The van der Waals surface area contributed by atoms with Gasteiger partial charge < -0.3 is 0 Å². The summed E-state index contributed by atoms with van der Waals surface area (Å²) in [5.74, 6) is 0.0542. The fraction of sp³-hybridized carbons (Fsp3) is 0.636. The lowest BCUT2D eigenvalue weighted by Gasteiger charge is -2.17. The molecule has 0 saturated carbocycles. The summed E-state index contributed by atoms with van der Waals surface area (Å²) in [7, 11) is 0. The number of unbranched alkanes of at least 4 members (excludes halogenated alkanes) is 8. The SMILES string of the molecule is CCCCCCCCCCCC(=O)NN=C1CCCc2ccccc21. The highest BCUT2D eigenvalue weighted by atomic mass is 16.2. The zero-order valence-electron chi connectivity index (χ0n) is 15.9. The number of nitrogens with one attached hydrogen (secondary N) is 1. The molecule has 0 spiro atoms. The van der Waals surface area contributed by atoms with Crippen LogP contribution in [0.3, 0.4) is 0 Å². The molecule has 1 aromatic carbocycles. The predicted molar refractivity (Wildman–Crippen MR) is 106 cm³/mol. The van der Waals surface area contributed by atoms with Gasteiger partial charge in [0, 0.05) is 12.0 Å². The van der Waals surface area contributed by atoms with Crippen LogP contribution >= 0.6 is 0 Å². The van der Waals surface area contributed by atoms with Crippen molar-refractivity contribution >= 4 is 11.6 Å². The van der Waals surface area contributed by atoms with Gasteiger partial charge in [0.15, 0.2) is 0 Å². The van der Waals surface area contributed by atoms with Gasteiger partial charge in [-0.3, -0.25) is 4.79 Å². The first kappa shape index (κ1) is 19.7. The van der Waals surface area contributed by atoms with Crippen molar-refractivity contribution in [3.8, 4) is 0 Å². The molecule has 0 aliphatic heterocycles. The summed E-state index contributed by atoms with van der Waals surface area (Å²) < 4.78 is 0. The average molecular weight is 343 g/mol. The Hall–Kier alpha value is -1.64. The van der Waals surface area contributed by atoms with Gasteiger partial charge in [-0.2, -0.15) is 5.10 Å². The molecule has 25 heavy (non-hydrogen) atoms. The maximum Gasteiger partial charge on any atom is 0.240 e. The van der Waals surface area contributed by atoms with Crippen molar-refractivity contribution in [3.05, 3.63) is 35.4 Å². The third-order valence-corrected chi connectivity index (χ3v) is 5.01. The van der Waals surface area contributed by atoms with E-state index in [1.807, 2.05) is 6.07 Å². The Kier molecular flexibility index (Phi) is 9.32. The maximum atomic E-state index is 12.0. The number of benzene rings is 1. The van der Waals surface area contributed by atoms with Crippen LogP contribution in [-0.4, -0.2) is 11.6 Å². The van der Waals surface area contributed by atoms with Gasteiger partial charge in [0.2, 0.25) is 5.91 Å². The number of amides is 1. The highest BCUT2D eigenvalue weighted by Gasteiger charge is 2.14. The molecule has 0 radical (unpaired) electrons. The Morgan fingerprint density at radius 1 is 0.960 bits per heavy atom. The van der Waals surface area contributed by atoms with Crippen LogP contribution in [0, 0.1) is 0 Å². The quantitative estimate of drug-likeness (QED) is 0.403. The Morgan fingerprint density at radius 3 is 2.40 bits per heavy atom. The molecule has 0 unspecified atom stereocenters. The lowest BCUT2D eigenvalue weighted by atomic mass is 9.90. The van der Waals surface area contributed by atoms with E-state index in [4.69, 9.17) is 0 Å². The molecule has 1 aliphatic carbocycles. The molecule has 1 aromatic rings. The van der Waals surface area contributed by atoms with Crippen LogP contribution in [0.25, 0.3) is 0 Å². The van der Waals surface area contributed by atoms with Crippen LogP contribution in [0.4, 0.5) is 0 Å². The molecular weight excluding hydrogens is 308 g/mol. The summed E-state index contributed by atoms with van der Waals surface area (Å²) in [6.45, 7) is 2.25. The van der Waals surface area contributed by atoms with Crippen LogP contribution in [0.2, 0.25) is 0 Å². The van der Waals surface area contributed by atoms with E-state index in [1.54, 1.807) is 0 Å². The summed E-state index contributed by atoms with van der Waals surface area (Å²) in [6, 6.07) is 8.39. The first-order valence-electron chi connectivity index (χ1n) is 10.2. The number of hydrogen-bond acceptors (Lipinski definition) is 2. The van der Waals surface area contributed by atoms with Crippen LogP contribution in [0.1, 0.15) is 95.1 Å². The van der Waals surface area contributed by atoms with Crippen molar-refractivity contribution in [2.45, 2.75) is 90.4 Å². The number of aryl methyl sites for hydroxylation is 1. The molecule has 1 amide bonds. The number of carbonyl (C=O) groups is 1. The van der Waals surface area contributed by atoms with Gasteiger partial charge in [0.25, 0.3) is 0 Å². The summed E-state index contributed by atoms with van der Waals surface area (Å²) in [4.78, 5) is 12.0. The first-order chi connectivity index (χ1) is 12.3. The van der Waals surface area contributed by atoms with Crippen LogP contribution in [0.15, 0.2) is 29.4 Å². The Bertz CT molecular complexity index is 551. The molecule has 0 bridgehead atoms. The van der Waals surface area contributed by atoms with E-state index in [1.165, 1.54) is 56.1 Å². The third-order valence-electron chi connectivity index (χ3n) is 5.01. The monoisotopic (exact) mass is 342 g/mol. The van der Waals surface area contributed by atoms with Crippen LogP contribution in [0.5, 0.6) is 0 Å². The molecule has 1 aliphatic rings. The minimum absolute atomic E-state index is 0.0542. The lowest BCUT2D eigenvalue weighted by molar-refractivity contribution is -0.121. The van der Waals surface area contributed by atoms with E-state index in [9.17, 15) is 4.79 Å². The van der Waals surface area contributed by atoms with E-state index in [2.05, 4.69) is 35.7 Å². The number of fused-ring (bicyclic) bond motifs is 1. The van der Waals surface area contributed by atoms with Gasteiger partial charge in [0.05, 0.1) is 5.71 Å². The molecule has 0 saturated heterocycles. The zero-order chi connectivity index (χ0) is 17.7.